The number of nitriles is 1. The summed E-state index contributed by atoms with van der Waals surface area (Å²) >= 11 is 0. The van der Waals surface area contributed by atoms with Crippen molar-refractivity contribution in [3.8, 4) is 6.07 Å². The molecule has 2 aliphatic heterocycles. The average molecular weight is 400 g/mol. The molecule has 3 atom stereocenters. The van der Waals surface area contributed by atoms with E-state index in [1.165, 1.54) is 12.8 Å². The number of pyridine rings is 2. The lowest BCUT2D eigenvalue weighted by atomic mass is 9.97. The Labute approximate surface area is 175 Å². The zero-order valence-corrected chi connectivity index (χ0v) is 16.7. The predicted octanol–water partition coefficient (Wildman–Crippen LogP) is 3.48. The molecule has 152 valence electrons. The van der Waals surface area contributed by atoms with Gasteiger partial charge in [-0.25, -0.2) is 15.0 Å². The van der Waals surface area contributed by atoms with E-state index in [2.05, 4.69) is 42.6 Å². The van der Waals surface area contributed by atoms with Gasteiger partial charge in [-0.2, -0.15) is 5.26 Å². The van der Waals surface area contributed by atoms with Crippen molar-refractivity contribution in [2.24, 2.45) is 0 Å². The van der Waals surface area contributed by atoms with Crippen LogP contribution in [0.1, 0.15) is 32.1 Å². The van der Waals surface area contributed by atoms with Crippen molar-refractivity contribution in [3.05, 3.63) is 42.9 Å². The molecule has 0 unspecified atom stereocenters. The molecule has 5 rings (SSSR count). The minimum absolute atomic E-state index is 0.361. The minimum atomic E-state index is 0.361. The molecule has 2 fully saturated rings. The standard InChI is InChI=1S/C22H24N8/c23-7-2-11-30-16-5-6-17(30)13-15(12-16)27-21-18-4-1-8-24-19(18)14-20(28-21)29-22-25-9-3-10-26-22/h1,3-4,8-10,14-17H,2,5-6,11-13H2,(H2,25,26,27,28,29)/t15-,16-,17+. The van der Waals surface area contributed by atoms with Crippen molar-refractivity contribution in [2.45, 2.75) is 50.2 Å². The van der Waals surface area contributed by atoms with Crippen LogP contribution in [0.4, 0.5) is 17.6 Å². The number of anilines is 3. The van der Waals surface area contributed by atoms with Gasteiger partial charge in [0, 0.05) is 61.1 Å². The van der Waals surface area contributed by atoms with Crippen molar-refractivity contribution >= 4 is 28.5 Å². The molecule has 5 heterocycles. The number of hydrogen-bond acceptors (Lipinski definition) is 8. The first kappa shape index (κ1) is 18.7. The fourth-order valence-corrected chi connectivity index (χ4v) is 4.86. The lowest BCUT2D eigenvalue weighted by molar-refractivity contribution is 0.136. The first-order valence-electron chi connectivity index (χ1n) is 10.5. The first-order valence-corrected chi connectivity index (χ1v) is 10.5. The second kappa shape index (κ2) is 8.20. The zero-order chi connectivity index (χ0) is 20.3. The molecule has 2 N–H and O–H groups in total. The smallest absolute Gasteiger partial charge is 0.228 e. The topological polar surface area (TPSA) is 103 Å². The van der Waals surface area contributed by atoms with Crippen LogP contribution in [0.15, 0.2) is 42.9 Å². The summed E-state index contributed by atoms with van der Waals surface area (Å²) in [5.74, 6) is 2.02. The van der Waals surface area contributed by atoms with Crippen LogP contribution in [0.5, 0.6) is 0 Å². The molecule has 0 aliphatic carbocycles. The Kier molecular flexibility index (Phi) is 5.11. The molecule has 0 amide bonds. The highest BCUT2D eigenvalue weighted by Crippen LogP contribution is 2.37. The van der Waals surface area contributed by atoms with Gasteiger partial charge in [0.05, 0.1) is 11.6 Å². The highest BCUT2D eigenvalue weighted by atomic mass is 15.2. The number of nitrogens with one attached hydrogen (secondary N) is 2. The van der Waals surface area contributed by atoms with Gasteiger partial charge in [-0.05, 0) is 43.9 Å². The van der Waals surface area contributed by atoms with E-state index in [4.69, 9.17) is 10.2 Å². The molecular weight excluding hydrogens is 376 g/mol. The molecule has 3 aromatic heterocycles. The van der Waals surface area contributed by atoms with Crippen LogP contribution in [0.25, 0.3) is 10.9 Å². The van der Waals surface area contributed by atoms with Crippen molar-refractivity contribution < 1.29 is 0 Å². The molecule has 0 aromatic carbocycles. The Morgan fingerprint density at radius 1 is 1.07 bits per heavy atom. The molecule has 0 saturated carbocycles. The van der Waals surface area contributed by atoms with E-state index in [1.807, 2.05) is 12.1 Å². The van der Waals surface area contributed by atoms with E-state index < -0.39 is 0 Å². The number of fused-ring (bicyclic) bond motifs is 3. The summed E-state index contributed by atoms with van der Waals surface area (Å²) in [6.45, 7) is 0.889. The van der Waals surface area contributed by atoms with Crippen LogP contribution in [0.3, 0.4) is 0 Å². The zero-order valence-electron chi connectivity index (χ0n) is 16.7. The van der Waals surface area contributed by atoms with E-state index >= 15 is 0 Å². The largest absolute Gasteiger partial charge is 0.367 e. The van der Waals surface area contributed by atoms with Gasteiger partial charge >= 0.3 is 0 Å². The fourth-order valence-electron chi connectivity index (χ4n) is 4.86. The quantitative estimate of drug-likeness (QED) is 0.648. The minimum Gasteiger partial charge on any atom is -0.367 e. The second-order valence-electron chi connectivity index (χ2n) is 7.97. The summed E-state index contributed by atoms with van der Waals surface area (Å²) in [6.07, 6.45) is 10.4. The van der Waals surface area contributed by atoms with Crippen LogP contribution in [-0.2, 0) is 0 Å². The lowest BCUT2D eigenvalue weighted by Crippen LogP contribution is -2.47. The maximum atomic E-state index is 8.95. The molecule has 8 nitrogen and oxygen atoms in total. The maximum absolute atomic E-state index is 8.95. The number of nitrogens with zero attached hydrogens (tertiary/aromatic N) is 6. The van der Waals surface area contributed by atoms with Gasteiger partial charge < -0.3 is 10.6 Å². The molecule has 2 bridgehead atoms. The van der Waals surface area contributed by atoms with Crippen molar-refractivity contribution in [2.75, 3.05) is 17.2 Å². The van der Waals surface area contributed by atoms with Crippen LogP contribution < -0.4 is 10.6 Å². The van der Waals surface area contributed by atoms with Gasteiger partial charge in [-0.15, -0.1) is 0 Å². The summed E-state index contributed by atoms with van der Waals surface area (Å²) in [4.78, 5) is 20.4. The summed E-state index contributed by atoms with van der Waals surface area (Å²) < 4.78 is 0. The van der Waals surface area contributed by atoms with Crippen LogP contribution in [-0.4, -0.2) is 49.5 Å². The van der Waals surface area contributed by atoms with Gasteiger partial charge in [-0.3, -0.25) is 9.88 Å². The average Bonchev–Trinajstić information content (AvgIpc) is 3.01. The maximum Gasteiger partial charge on any atom is 0.228 e. The molecule has 0 spiro atoms. The molecule has 0 radical (unpaired) electrons. The van der Waals surface area contributed by atoms with Gasteiger partial charge in [0.2, 0.25) is 5.95 Å². The molecule has 8 heteroatoms. The molecular formula is C22H24N8. The number of piperidine rings is 1. The van der Waals surface area contributed by atoms with Crippen molar-refractivity contribution in [3.63, 3.8) is 0 Å². The Balaban J connectivity index is 1.38. The monoisotopic (exact) mass is 400 g/mol. The Morgan fingerprint density at radius 2 is 1.83 bits per heavy atom. The predicted molar refractivity (Wildman–Crippen MR) is 115 cm³/mol. The molecule has 30 heavy (non-hydrogen) atoms. The van der Waals surface area contributed by atoms with Gasteiger partial charge in [0.1, 0.15) is 11.6 Å². The van der Waals surface area contributed by atoms with Gasteiger partial charge in [0.15, 0.2) is 0 Å². The summed E-state index contributed by atoms with van der Waals surface area (Å²) in [7, 11) is 0. The normalized spacial score (nSPS) is 23.2. The molecule has 2 saturated heterocycles. The number of aromatic nitrogens is 4. The van der Waals surface area contributed by atoms with Gasteiger partial charge in [-0.1, -0.05) is 0 Å². The summed E-state index contributed by atoms with van der Waals surface area (Å²) in [5, 5.41) is 16.8. The fraction of sp³-hybridized carbons (Fsp3) is 0.409. The second-order valence-corrected chi connectivity index (χ2v) is 7.97. The highest BCUT2D eigenvalue weighted by Gasteiger charge is 2.40. The Bertz CT molecular complexity index is 1050. The lowest BCUT2D eigenvalue weighted by Gasteiger charge is -2.39. The van der Waals surface area contributed by atoms with Crippen molar-refractivity contribution in [1.29, 1.82) is 5.26 Å². The molecule has 2 aliphatic rings. The summed E-state index contributed by atoms with van der Waals surface area (Å²) in [6, 6.07) is 11.5. The van der Waals surface area contributed by atoms with E-state index in [1.54, 1.807) is 24.7 Å². The van der Waals surface area contributed by atoms with Crippen LogP contribution in [0.2, 0.25) is 0 Å². The third kappa shape index (κ3) is 3.76. The Hall–Kier alpha value is -3.31. The number of rotatable bonds is 6. The molecule has 3 aromatic rings. The first-order chi connectivity index (χ1) is 14.8. The van der Waals surface area contributed by atoms with Crippen LogP contribution >= 0.6 is 0 Å². The Morgan fingerprint density at radius 3 is 2.60 bits per heavy atom. The number of hydrogen-bond donors (Lipinski definition) is 2. The third-order valence-corrected chi connectivity index (χ3v) is 6.11. The van der Waals surface area contributed by atoms with E-state index in [0.717, 1.165) is 36.1 Å². The van der Waals surface area contributed by atoms with E-state index in [-0.39, 0.29) is 0 Å². The summed E-state index contributed by atoms with van der Waals surface area (Å²) in [5.41, 5.74) is 0.878. The van der Waals surface area contributed by atoms with E-state index in [0.29, 0.717) is 36.3 Å². The highest BCUT2D eigenvalue weighted by molar-refractivity contribution is 5.91. The van der Waals surface area contributed by atoms with Crippen molar-refractivity contribution in [1.82, 2.24) is 24.8 Å². The van der Waals surface area contributed by atoms with Crippen LogP contribution in [0, 0.1) is 11.3 Å². The SMILES string of the molecule is N#CCCN1[C@@H]2CC[C@H]1C[C@H](Nc1nc(Nc3ncccn3)cc3ncccc13)C2. The van der Waals surface area contributed by atoms with E-state index in [9.17, 15) is 0 Å². The third-order valence-electron chi connectivity index (χ3n) is 6.11. The van der Waals surface area contributed by atoms with Gasteiger partial charge in [0.25, 0.3) is 0 Å².